The molecule has 82 valence electrons. The van der Waals surface area contributed by atoms with E-state index in [1.165, 1.54) is 0 Å². The summed E-state index contributed by atoms with van der Waals surface area (Å²) in [6, 6.07) is 0.961. The fourth-order valence-corrected chi connectivity index (χ4v) is 0.943. The van der Waals surface area contributed by atoms with Crippen molar-refractivity contribution in [3.8, 4) is 5.75 Å². The topological polar surface area (TPSA) is 49.7 Å². The first kappa shape index (κ1) is 11.8. The summed E-state index contributed by atoms with van der Waals surface area (Å²) in [5, 5.41) is 17.2. The molecule has 0 atom stereocenters. The molecule has 0 unspecified atom stereocenters. The van der Waals surface area contributed by atoms with Gasteiger partial charge < -0.3 is 14.8 Å². The van der Waals surface area contributed by atoms with Gasteiger partial charge >= 0.3 is 13.7 Å². The van der Waals surface area contributed by atoms with Gasteiger partial charge in [0.15, 0.2) is 11.6 Å². The lowest BCUT2D eigenvalue weighted by molar-refractivity contribution is -0.0500. The lowest BCUT2D eigenvalue weighted by Gasteiger charge is -2.08. The third-order valence-electron chi connectivity index (χ3n) is 1.53. The minimum Gasteiger partial charge on any atom is -0.435 e. The van der Waals surface area contributed by atoms with E-state index in [0.29, 0.717) is 12.1 Å². The van der Waals surface area contributed by atoms with E-state index in [9.17, 15) is 17.6 Å². The molecule has 0 saturated carbocycles. The molecule has 15 heavy (non-hydrogen) atoms. The molecule has 0 aliphatic rings. The second kappa shape index (κ2) is 4.50. The van der Waals surface area contributed by atoms with Gasteiger partial charge in [-0.25, -0.2) is 8.78 Å². The Bertz CT molecular complexity index is 358. The largest absolute Gasteiger partial charge is 0.491 e. The number of benzene rings is 1. The molecule has 0 bridgehead atoms. The normalized spacial score (nSPS) is 10.6. The Hall–Kier alpha value is -1.28. The predicted molar refractivity (Wildman–Crippen MR) is 42.8 cm³/mol. The van der Waals surface area contributed by atoms with Gasteiger partial charge in [-0.3, -0.25) is 0 Å². The summed E-state index contributed by atoms with van der Waals surface area (Å²) in [6.45, 7) is -3.21. The van der Waals surface area contributed by atoms with Crippen LogP contribution in [-0.4, -0.2) is 23.8 Å². The van der Waals surface area contributed by atoms with Crippen molar-refractivity contribution >= 4 is 12.6 Å². The van der Waals surface area contributed by atoms with E-state index in [1.807, 2.05) is 0 Å². The second-order valence-electron chi connectivity index (χ2n) is 2.56. The summed E-state index contributed by atoms with van der Waals surface area (Å²) in [6.07, 6.45) is 0. The van der Waals surface area contributed by atoms with Gasteiger partial charge in [-0.05, 0) is 6.07 Å². The lowest BCUT2D eigenvalue weighted by Crippen LogP contribution is -2.33. The van der Waals surface area contributed by atoms with E-state index in [2.05, 4.69) is 4.74 Å². The fourth-order valence-electron chi connectivity index (χ4n) is 0.943. The Balaban J connectivity index is 3.11. The molecule has 1 aromatic rings. The number of alkyl halides is 2. The van der Waals surface area contributed by atoms with Crippen LogP contribution >= 0.6 is 0 Å². The molecule has 0 aliphatic heterocycles. The number of hydrogen-bond acceptors (Lipinski definition) is 3. The highest BCUT2D eigenvalue weighted by Crippen LogP contribution is 2.16. The zero-order valence-electron chi connectivity index (χ0n) is 7.12. The summed E-state index contributed by atoms with van der Waals surface area (Å²) < 4.78 is 52.8. The van der Waals surface area contributed by atoms with Crippen molar-refractivity contribution in [2.24, 2.45) is 0 Å². The molecule has 2 N–H and O–H groups in total. The van der Waals surface area contributed by atoms with Gasteiger partial charge in [0.1, 0.15) is 5.75 Å². The van der Waals surface area contributed by atoms with Crippen LogP contribution in [0.3, 0.4) is 0 Å². The van der Waals surface area contributed by atoms with Crippen molar-refractivity contribution < 1.29 is 32.3 Å². The summed E-state index contributed by atoms with van der Waals surface area (Å²) in [7, 11) is -2.30. The third kappa shape index (κ3) is 2.83. The SMILES string of the molecule is OB(O)c1cc(OC(F)F)cc(F)c1F. The molecule has 0 fully saturated rings. The highest BCUT2D eigenvalue weighted by molar-refractivity contribution is 6.58. The number of hydrogen-bond donors (Lipinski definition) is 2. The van der Waals surface area contributed by atoms with Crippen molar-refractivity contribution in [2.75, 3.05) is 0 Å². The Morgan fingerprint density at radius 2 is 1.80 bits per heavy atom. The number of halogens is 4. The van der Waals surface area contributed by atoms with Crippen molar-refractivity contribution in [1.82, 2.24) is 0 Å². The average molecular weight is 224 g/mol. The zero-order chi connectivity index (χ0) is 11.6. The maximum atomic E-state index is 12.8. The van der Waals surface area contributed by atoms with E-state index in [0.717, 1.165) is 0 Å². The highest BCUT2D eigenvalue weighted by atomic mass is 19.3. The van der Waals surface area contributed by atoms with Gasteiger partial charge in [0.25, 0.3) is 0 Å². The van der Waals surface area contributed by atoms with Gasteiger partial charge in [-0.1, -0.05) is 0 Å². The molecule has 0 saturated heterocycles. The van der Waals surface area contributed by atoms with E-state index in [-0.39, 0.29) is 0 Å². The van der Waals surface area contributed by atoms with Gasteiger partial charge in [0.2, 0.25) is 0 Å². The summed E-state index contributed by atoms with van der Waals surface area (Å²) >= 11 is 0. The quantitative estimate of drug-likeness (QED) is 0.571. The predicted octanol–water partition coefficient (Wildman–Crippen LogP) is 0.246. The molecule has 8 heteroatoms. The molecule has 0 aliphatic carbocycles. The third-order valence-corrected chi connectivity index (χ3v) is 1.53. The van der Waals surface area contributed by atoms with Crippen molar-refractivity contribution in [3.05, 3.63) is 23.8 Å². The molecular weight excluding hydrogens is 219 g/mol. The van der Waals surface area contributed by atoms with Crippen LogP contribution in [0, 0.1) is 11.6 Å². The van der Waals surface area contributed by atoms with Crippen LogP contribution in [0.2, 0.25) is 0 Å². The van der Waals surface area contributed by atoms with Crippen LogP contribution in [0.5, 0.6) is 5.75 Å². The Morgan fingerprint density at radius 3 is 2.27 bits per heavy atom. The molecule has 0 heterocycles. The lowest BCUT2D eigenvalue weighted by atomic mass is 9.79. The van der Waals surface area contributed by atoms with Crippen LogP contribution in [0.15, 0.2) is 12.1 Å². The Morgan fingerprint density at radius 1 is 1.20 bits per heavy atom. The average Bonchev–Trinajstić information content (AvgIpc) is 2.09. The van der Waals surface area contributed by atoms with Gasteiger partial charge in [0.05, 0.1) is 0 Å². The first-order chi connectivity index (χ1) is 6.91. The van der Waals surface area contributed by atoms with Gasteiger partial charge in [-0.2, -0.15) is 8.78 Å². The summed E-state index contributed by atoms with van der Waals surface area (Å²) in [5.74, 6) is -3.71. The zero-order valence-corrected chi connectivity index (χ0v) is 7.12. The Labute approximate surface area is 82.1 Å². The molecule has 0 amide bonds. The molecule has 0 radical (unpaired) electrons. The first-order valence-electron chi connectivity index (χ1n) is 3.71. The summed E-state index contributed by atoms with van der Waals surface area (Å²) in [5.41, 5.74) is -0.870. The van der Waals surface area contributed by atoms with Crippen LogP contribution in [0.1, 0.15) is 0 Å². The maximum Gasteiger partial charge on any atom is 0.491 e. The minimum absolute atomic E-state index is 0.382. The number of ether oxygens (including phenoxy) is 1. The van der Waals surface area contributed by atoms with E-state index in [1.54, 1.807) is 0 Å². The van der Waals surface area contributed by atoms with E-state index < -0.39 is 36.6 Å². The second-order valence-corrected chi connectivity index (χ2v) is 2.56. The summed E-state index contributed by atoms with van der Waals surface area (Å²) in [4.78, 5) is 0. The molecule has 3 nitrogen and oxygen atoms in total. The maximum absolute atomic E-state index is 12.8. The molecule has 0 spiro atoms. The van der Waals surface area contributed by atoms with E-state index >= 15 is 0 Å². The fraction of sp³-hybridized carbons (Fsp3) is 0.143. The molecule has 0 aromatic heterocycles. The highest BCUT2D eigenvalue weighted by Gasteiger charge is 2.22. The molecular formula is C7H5BF4O3. The van der Waals surface area contributed by atoms with Gasteiger partial charge in [-0.15, -0.1) is 0 Å². The van der Waals surface area contributed by atoms with Crippen molar-refractivity contribution in [2.45, 2.75) is 6.61 Å². The van der Waals surface area contributed by atoms with Gasteiger partial charge in [0, 0.05) is 11.5 Å². The Kier molecular flexibility index (Phi) is 3.54. The van der Waals surface area contributed by atoms with Crippen LogP contribution < -0.4 is 10.2 Å². The van der Waals surface area contributed by atoms with Crippen LogP contribution in [0.25, 0.3) is 0 Å². The van der Waals surface area contributed by atoms with Crippen molar-refractivity contribution in [1.29, 1.82) is 0 Å². The number of rotatable bonds is 3. The van der Waals surface area contributed by atoms with Crippen LogP contribution in [-0.2, 0) is 0 Å². The van der Waals surface area contributed by atoms with E-state index in [4.69, 9.17) is 10.0 Å². The first-order valence-corrected chi connectivity index (χ1v) is 3.71. The molecule has 1 aromatic carbocycles. The monoisotopic (exact) mass is 224 g/mol. The standard InChI is InChI=1S/C7H5BF4O3/c9-5-2-3(15-7(11)12)1-4(6(5)10)8(13)14/h1-2,7,13-14H. The van der Waals surface area contributed by atoms with Crippen molar-refractivity contribution in [3.63, 3.8) is 0 Å². The molecule has 1 rings (SSSR count). The smallest absolute Gasteiger partial charge is 0.435 e. The van der Waals surface area contributed by atoms with Crippen LogP contribution in [0.4, 0.5) is 17.6 Å². The minimum atomic E-state index is -3.21.